The number of hydrogen-bond donors (Lipinski definition) is 0. The van der Waals surface area contributed by atoms with Crippen LogP contribution >= 0.6 is 20.8 Å². The molecule has 0 fully saturated rings. The second-order valence-corrected chi connectivity index (χ2v) is 6.26. The van der Waals surface area contributed by atoms with E-state index < -0.39 is 0 Å². The van der Waals surface area contributed by atoms with Gasteiger partial charge in [-0.15, -0.1) is 20.8 Å². The van der Waals surface area contributed by atoms with Gasteiger partial charge in [0.1, 0.15) is 0 Å². The van der Waals surface area contributed by atoms with Crippen LogP contribution in [0.25, 0.3) is 0 Å². The first kappa shape index (κ1) is 15.7. The van der Waals surface area contributed by atoms with Crippen molar-refractivity contribution in [2.45, 2.75) is 76.8 Å². The summed E-state index contributed by atoms with van der Waals surface area (Å²) in [5.41, 5.74) is 0. The molecule has 92 valence electrons. The third kappa shape index (κ3) is 8.52. The van der Waals surface area contributed by atoms with Crippen LogP contribution in [0.15, 0.2) is 0 Å². The van der Waals surface area contributed by atoms with Crippen LogP contribution in [-0.4, -0.2) is 11.0 Å². The van der Waals surface area contributed by atoms with Crippen LogP contribution in [0, 0.1) is 0 Å². The van der Waals surface area contributed by atoms with E-state index in [2.05, 4.69) is 23.1 Å². The van der Waals surface area contributed by atoms with E-state index in [0.29, 0.717) is 5.16 Å². The molecule has 0 aromatic rings. The Balaban J connectivity index is 3.65. The zero-order chi connectivity index (χ0) is 11.6. The van der Waals surface area contributed by atoms with Crippen LogP contribution < -0.4 is 0 Å². The number of unbranched alkanes of at least 4 members (excludes halogenated alkanes) is 5. The molecule has 0 aliphatic carbocycles. The van der Waals surface area contributed by atoms with Crippen LogP contribution in [0.4, 0.5) is 0 Å². The summed E-state index contributed by atoms with van der Waals surface area (Å²) in [7, 11) is 3.02. The van der Waals surface area contributed by atoms with Crippen LogP contribution in [0.2, 0.25) is 0 Å². The van der Waals surface area contributed by atoms with Gasteiger partial charge in [0.25, 0.3) is 0 Å². The molecule has 2 atom stereocenters. The fraction of sp³-hybridized carbons (Fsp3) is 1.00. The molecule has 0 spiro atoms. The zero-order valence-corrected chi connectivity index (χ0v) is 12.4. The number of rotatable bonds is 10. The molecule has 0 amide bonds. The van der Waals surface area contributed by atoms with Crippen molar-refractivity contribution in [1.29, 1.82) is 0 Å². The Morgan fingerprint density at radius 3 is 1.80 bits per heavy atom. The molecule has 0 heterocycles. The molecule has 2 unspecified atom stereocenters. The minimum atomic E-state index is 0.324. The Hall–Kier alpha value is 0.720. The second kappa shape index (κ2) is 9.91. The first-order valence-corrected chi connectivity index (χ1v) is 7.64. The molecule has 0 aromatic carbocycles. The quantitative estimate of drug-likeness (QED) is 0.277. The first-order valence-electron chi connectivity index (χ1n) is 6.53. The highest BCUT2D eigenvalue weighted by Gasteiger charge is 2.21. The van der Waals surface area contributed by atoms with Gasteiger partial charge in [0.05, 0.1) is 0 Å². The highest BCUT2D eigenvalue weighted by atomic mass is 35.5. The first-order chi connectivity index (χ1) is 7.18. The minimum absolute atomic E-state index is 0.324. The average Bonchev–Trinajstić information content (AvgIpc) is 2.25. The van der Waals surface area contributed by atoms with Crippen LogP contribution in [0.5, 0.6) is 0 Å². The van der Waals surface area contributed by atoms with E-state index in [1.165, 1.54) is 57.8 Å². The van der Waals surface area contributed by atoms with E-state index in [4.69, 9.17) is 11.6 Å². The number of hydrogen-bond acceptors (Lipinski definition) is 0. The lowest BCUT2D eigenvalue weighted by Crippen LogP contribution is -2.22. The maximum absolute atomic E-state index is 6.08. The van der Waals surface area contributed by atoms with Crippen molar-refractivity contribution in [2.75, 3.05) is 5.88 Å². The summed E-state index contributed by atoms with van der Waals surface area (Å²) in [6, 6.07) is 0. The van der Waals surface area contributed by atoms with Crippen molar-refractivity contribution in [1.82, 2.24) is 0 Å². The normalized spacial score (nSPS) is 15.2. The van der Waals surface area contributed by atoms with Crippen LogP contribution in [0.3, 0.4) is 0 Å². The molecule has 0 saturated heterocycles. The molecule has 0 saturated carbocycles. The Kier molecular flexibility index (Phi) is 10.4. The summed E-state index contributed by atoms with van der Waals surface area (Å²) in [5, 5.41) is 0.324. The molecular weight excluding hydrogens is 223 g/mol. The van der Waals surface area contributed by atoms with Gasteiger partial charge in [-0.25, -0.2) is 0 Å². The topological polar surface area (TPSA) is 0 Å². The van der Waals surface area contributed by atoms with Crippen molar-refractivity contribution in [2.24, 2.45) is 0 Å². The highest BCUT2D eigenvalue weighted by Crippen LogP contribution is 2.33. The minimum Gasteiger partial charge on any atom is -0.130 e. The van der Waals surface area contributed by atoms with Gasteiger partial charge in [-0.3, -0.25) is 0 Å². The fourth-order valence-electron chi connectivity index (χ4n) is 1.89. The van der Waals surface area contributed by atoms with Gasteiger partial charge >= 0.3 is 0 Å². The maximum Gasteiger partial charge on any atom is 0.0314 e. The van der Waals surface area contributed by atoms with E-state index in [9.17, 15) is 0 Å². The second-order valence-electron chi connectivity index (χ2n) is 4.76. The smallest absolute Gasteiger partial charge is 0.0314 e. The van der Waals surface area contributed by atoms with E-state index in [0.717, 1.165) is 5.88 Å². The Morgan fingerprint density at radius 2 is 1.33 bits per heavy atom. The standard InChI is InChI=1S/C13H28ClP/c1-3-5-7-9-11-13(15,12-14)10-8-6-4-2/h3-12,15H2,1-2H3. The van der Waals surface area contributed by atoms with Gasteiger partial charge in [-0.2, -0.15) is 0 Å². The van der Waals surface area contributed by atoms with E-state index >= 15 is 0 Å². The van der Waals surface area contributed by atoms with Gasteiger partial charge in [0.15, 0.2) is 0 Å². The van der Waals surface area contributed by atoms with Gasteiger partial charge in [-0.1, -0.05) is 58.8 Å². The maximum atomic E-state index is 6.08. The summed E-state index contributed by atoms with van der Waals surface area (Å²) in [6.45, 7) is 4.52. The summed E-state index contributed by atoms with van der Waals surface area (Å²) in [5.74, 6) is 0.799. The summed E-state index contributed by atoms with van der Waals surface area (Å²) in [6.07, 6.45) is 12.0. The predicted octanol–water partition coefficient (Wildman–Crippen LogP) is 5.39. The molecule has 0 rings (SSSR count). The van der Waals surface area contributed by atoms with Crippen molar-refractivity contribution < 1.29 is 0 Å². The summed E-state index contributed by atoms with van der Waals surface area (Å²) < 4.78 is 0. The van der Waals surface area contributed by atoms with E-state index in [1.54, 1.807) is 0 Å². The molecule has 0 aliphatic rings. The molecule has 0 aliphatic heterocycles. The third-order valence-corrected chi connectivity index (χ3v) is 4.65. The van der Waals surface area contributed by atoms with E-state index in [-0.39, 0.29) is 0 Å². The van der Waals surface area contributed by atoms with Gasteiger partial charge in [0, 0.05) is 5.88 Å². The molecule has 0 bridgehead atoms. The highest BCUT2D eigenvalue weighted by molar-refractivity contribution is 7.19. The van der Waals surface area contributed by atoms with Crippen LogP contribution in [-0.2, 0) is 0 Å². The fourth-order valence-corrected chi connectivity index (χ4v) is 2.57. The Morgan fingerprint density at radius 1 is 0.867 bits per heavy atom. The molecule has 2 heteroatoms. The van der Waals surface area contributed by atoms with Crippen molar-refractivity contribution in [3.8, 4) is 0 Å². The SMILES string of the molecule is CCCCCCC(P)(CCl)CCCCC. The summed E-state index contributed by atoms with van der Waals surface area (Å²) >= 11 is 6.08. The molecule has 0 radical (unpaired) electrons. The van der Waals surface area contributed by atoms with Crippen molar-refractivity contribution in [3.05, 3.63) is 0 Å². The molecule has 0 N–H and O–H groups in total. The van der Waals surface area contributed by atoms with Gasteiger partial charge in [-0.05, 0) is 18.0 Å². The predicted molar refractivity (Wildman–Crippen MR) is 76.1 cm³/mol. The molecule has 0 aromatic heterocycles. The molecule has 15 heavy (non-hydrogen) atoms. The van der Waals surface area contributed by atoms with E-state index in [1.807, 2.05) is 0 Å². The molecular formula is C13H28ClP. The largest absolute Gasteiger partial charge is 0.130 e. The average molecular weight is 251 g/mol. The number of alkyl halides is 1. The Labute approximate surface area is 104 Å². The van der Waals surface area contributed by atoms with Crippen molar-refractivity contribution in [3.63, 3.8) is 0 Å². The lowest BCUT2D eigenvalue weighted by atomic mass is 9.95. The van der Waals surface area contributed by atoms with Gasteiger partial charge < -0.3 is 0 Å². The summed E-state index contributed by atoms with van der Waals surface area (Å²) in [4.78, 5) is 0. The van der Waals surface area contributed by atoms with Gasteiger partial charge in [0.2, 0.25) is 0 Å². The van der Waals surface area contributed by atoms with Crippen molar-refractivity contribution >= 4 is 20.8 Å². The lowest BCUT2D eigenvalue weighted by Gasteiger charge is -2.27. The monoisotopic (exact) mass is 250 g/mol. The van der Waals surface area contributed by atoms with Crippen LogP contribution in [0.1, 0.15) is 71.6 Å². The third-order valence-electron chi connectivity index (χ3n) is 3.07. The molecule has 0 nitrogen and oxygen atoms in total. The zero-order valence-electron chi connectivity index (χ0n) is 10.5. The Bertz CT molecular complexity index is 138. The number of halogens is 1. The lowest BCUT2D eigenvalue weighted by molar-refractivity contribution is 0.481.